The van der Waals surface area contributed by atoms with Crippen molar-refractivity contribution in [3.05, 3.63) is 42.0 Å². The molecule has 0 N–H and O–H groups in total. The summed E-state index contributed by atoms with van der Waals surface area (Å²) in [7, 11) is -1.78. The van der Waals surface area contributed by atoms with E-state index in [1.54, 1.807) is 0 Å². The van der Waals surface area contributed by atoms with E-state index in [1.807, 2.05) is 18.2 Å². The number of hydrogen-bond donors (Lipinski definition) is 0. The van der Waals surface area contributed by atoms with Crippen molar-refractivity contribution >= 4 is 19.8 Å². The molecule has 0 aliphatic carbocycles. The van der Waals surface area contributed by atoms with Crippen molar-refractivity contribution in [2.45, 2.75) is 50.9 Å². The van der Waals surface area contributed by atoms with Crippen molar-refractivity contribution in [2.24, 2.45) is 0 Å². The van der Waals surface area contributed by atoms with E-state index in [-0.39, 0.29) is 10.8 Å². The number of para-hydroxylation sites is 1. The molecule has 3 rings (SSSR count). The Balaban J connectivity index is 1.78. The van der Waals surface area contributed by atoms with Gasteiger partial charge in [0.2, 0.25) is 0 Å². The second-order valence-corrected chi connectivity index (χ2v) is 13.0. The van der Waals surface area contributed by atoms with Crippen LogP contribution >= 0.6 is 0 Å². The Labute approximate surface area is 140 Å². The number of anilines is 1. The van der Waals surface area contributed by atoms with Crippen LogP contribution in [0.2, 0.25) is 18.1 Å². The van der Waals surface area contributed by atoms with Crippen molar-refractivity contribution < 1.29 is 9.22 Å². The molecule has 0 bridgehead atoms. The number of hydrogen-bond acceptors (Lipinski definition) is 3. The number of rotatable bonds is 4. The maximum Gasteiger partial charge on any atom is 0.194 e. The maximum atomic E-state index is 13.0. The molecule has 124 valence electrons. The largest absolute Gasteiger partial charge is 0.417 e. The Morgan fingerprint density at radius 1 is 1.26 bits per heavy atom. The van der Waals surface area contributed by atoms with Crippen LogP contribution in [0.25, 0.3) is 0 Å². The number of benzene rings is 1. The van der Waals surface area contributed by atoms with E-state index in [0.717, 1.165) is 24.2 Å². The number of fused-ring (bicyclic) bond motifs is 3. The molecular weight excluding hydrogens is 302 g/mol. The van der Waals surface area contributed by atoms with Crippen molar-refractivity contribution in [2.75, 3.05) is 18.1 Å². The highest BCUT2D eigenvalue weighted by Gasteiger charge is 2.51. The van der Waals surface area contributed by atoms with E-state index in [9.17, 15) is 4.79 Å². The molecule has 0 fully saturated rings. The lowest BCUT2D eigenvalue weighted by Gasteiger charge is -2.38. The third-order valence-corrected chi connectivity index (χ3v) is 10.3. The minimum atomic E-state index is -1.78. The topological polar surface area (TPSA) is 29.5 Å². The van der Waals surface area contributed by atoms with Gasteiger partial charge in [-0.2, -0.15) is 0 Å². The summed E-state index contributed by atoms with van der Waals surface area (Å²) in [6, 6.07) is 7.95. The standard InChI is InChI=1S/C19H27NO2Si/c1-18(2,3)23(4,5)22-14-12-19-11-8-13-20(19)16-10-7-6-9-15(16)17(19)21/h6-11H,12-14H2,1-5H3. The molecule has 2 heterocycles. The fourth-order valence-electron chi connectivity index (χ4n) is 3.26. The summed E-state index contributed by atoms with van der Waals surface area (Å²) in [5.74, 6) is 0.223. The first-order valence-corrected chi connectivity index (χ1v) is 11.3. The highest BCUT2D eigenvalue weighted by atomic mass is 28.4. The van der Waals surface area contributed by atoms with Gasteiger partial charge in [-0.05, 0) is 30.3 Å². The Morgan fingerprint density at radius 2 is 1.96 bits per heavy atom. The van der Waals surface area contributed by atoms with Gasteiger partial charge in [-0.1, -0.05) is 45.1 Å². The summed E-state index contributed by atoms with van der Waals surface area (Å²) in [6.07, 6.45) is 4.92. The highest BCUT2D eigenvalue weighted by molar-refractivity contribution is 6.74. The van der Waals surface area contributed by atoms with Crippen molar-refractivity contribution in [3.8, 4) is 0 Å². The van der Waals surface area contributed by atoms with Gasteiger partial charge in [-0.15, -0.1) is 0 Å². The van der Waals surface area contributed by atoms with Gasteiger partial charge >= 0.3 is 0 Å². The summed E-state index contributed by atoms with van der Waals surface area (Å²) in [5.41, 5.74) is 1.39. The van der Waals surface area contributed by atoms with Crippen LogP contribution in [0, 0.1) is 0 Å². The van der Waals surface area contributed by atoms with E-state index >= 15 is 0 Å². The molecule has 1 unspecified atom stereocenters. The molecule has 23 heavy (non-hydrogen) atoms. The predicted octanol–water partition coefficient (Wildman–Crippen LogP) is 4.41. The Bertz CT molecular complexity index is 660. The zero-order valence-electron chi connectivity index (χ0n) is 14.8. The molecule has 3 nitrogen and oxygen atoms in total. The Kier molecular flexibility index (Phi) is 3.80. The smallest absolute Gasteiger partial charge is 0.194 e. The van der Waals surface area contributed by atoms with Crippen molar-refractivity contribution in [1.82, 2.24) is 0 Å². The van der Waals surface area contributed by atoms with Crippen LogP contribution in [-0.2, 0) is 4.43 Å². The summed E-state index contributed by atoms with van der Waals surface area (Å²) in [4.78, 5) is 15.3. The zero-order valence-corrected chi connectivity index (χ0v) is 15.8. The van der Waals surface area contributed by atoms with Gasteiger partial charge < -0.3 is 9.33 Å². The first-order chi connectivity index (χ1) is 10.7. The van der Waals surface area contributed by atoms with Gasteiger partial charge in [0.05, 0.1) is 0 Å². The van der Waals surface area contributed by atoms with Gasteiger partial charge in [0.25, 0.3) is 0 Å². The van der Waals surface area contributed by atoms with Crippen LogP contribution in [0.3, 0.4) is 0 Å². The summed E-state index contributed by atoms with van der Waals surface area (Å²) in [6.45, 7) is 12.7. The summed E-state index contributed by atoms with van der Waals surface area (Å²) >= 11 is 0. The first kappa shape index (κ1) is 16.5. The van der Waals surface area contributed by atoms with Crippen molar-refractivity contribution in [1.29, 1.82) is 0 Å². The average molecular weight is 330 g/mol. The molecule has 4 heteroatoms. The average Bonchev–Trinajstić information content (AvgIpc) is 2.98. The molecule has 0 saturated carbocycles. The number of Topliss-reactive ketones (excluding diaryl/α,β-unsaturated/α-hetero) is 1. The second-order valence-electron chi connectivity index (χ2n) is 8.14. The molecule has 0 spiro atoms. The molecular formula is C19H27NO2Si. The van der Waals surface area contributed by atoms with E-state index in [4.69, 9.17) is 4.43 Å². The summed E-state index contributed by atoms with van der Waals surface area (Å²) in [5, 5.41) is 0.193. The monoisotopic (exact) mass is 329 g/mol. The number of carbonyl (C=O) groups is 1. The molecule has 0 aromatic heterocycles. The number of carbonyl (C=O) groups excluding carboxylic acids is 1. The molecule has 0 amide bonds. The normalized spacial score (nSPS) is 23.3. The molecule has 1 aromatic rings. The van der Waals surface area contributed by atoms with Crippen LogP contribution < -0.4 is 4.90 Å². The molecule has 1 aromatic carbocycles. The van der Waals surface area contributed by atoms with Gasteiger partial charge in [0.15, 0.2) is 14.1 Å². The minimum Gasteiger partial charge on any atom is -0.417 e. The SMILES string of the molecule is CC(C)(C)[Si](C)(C)OCCC12C=CCN1c1ccccc1C2=O. The summed E-state index contributed by atoms with van der Waals surface area (Å²) < 4.78 is 6.33. The number of ketones is 1. The second kappa shape index (κ2) is 5.31. The van der Waals surface area contributed by atoms with Crippen LogP contribution in [0.4, 0.5) is 5.69 Å². The van der Waals surface area contributed by atoms with Crippen LogP contribution in [-0.4, -0.2) is 32.8 Å². The van der Waals surface area contributed by atoms with Gasteiger partial charge in [0, 0.05) is 30.8 Å². The maximum absolute atomic E-state index is 13.0. The Morgan fingerprint density at radius 3 is 2.65 bits per heavy atom. The molecule has 1 atom stereocenters. The fraction of sp³-hybridized carbons (Fsp3) is 0.526. The minimum absolute atomic E-state index is 0.193. The van der Waals surface area contributed by atoms with Crippen LogP contribution in [0.1, 0.15) is 37.6 Å². The van der Waals surface area contributed by atoms with E-state index in [1.165, 1.54) is 0 Å². The first-order valence-electron chi connectivity index (χ1n) is 8.42. The zero-order chi connectivity index (χ0) is 16.9. The van der Waals surface area contributed by atoms with E-state index < -0.39 is 13.9 Å². The molecule has 2 aliphatic heterocycles. The lowest BCUT2D eigenvalue weighted by Crippen LogP contribution is -2.48. The third-order valence-electron chi connectivity index (χ3n) is 5.75. The third kappa shape index (κ3) is 2.48. The van der Waals surface area contributed by atoms with Gasteiger partial charge in [-0.25, -0.2) is 0 Å². The lowest BCUT2D eigenvalue weighted by atomic mass is 9.90. The van der Waals surface area contributed by atoms with Gasteiger partial charge in [0.1, 0.15) is 5.54 Å². The van der Waals surface area contributed by atoms with E-state index in [2.05, 4.69) is 57.0 Å². The molecule has 2 aliphatic rings. The Hall–Kier alpha value is -1.39. The molecule has 0 saturated heterocycles. The van der Waals surface area contributed by atoms with Crippen molar-refractivity contribution in [3.63, 3.8) is 0 Å². The predicted molar refractivity (Wildman–Crippen MR) is 97.8 cm³/mol. The van der Waals surface area contributed by atoms with E-state index in [0.29, 0.717) is 6.61 Å². The number of nitrogens with zero attached hydrogens (tertiary/aromatic N) is 1. The molecule has 0 radical (unpaired) electrons. The van der Waals surface area contributed by atoms with Crippen LogP contribution in [0.5, 0.6) is 0 Å². The van der Waals surface area contributed by atoms with Crippen LogP contribution in [0.15, 0.2) is 36.4 Å². The lowest BCUT2D eigenvalue weighted by molar-refractivity contribution is 0.0915. The highest BCUT2D eigenvalue weighted by Crippen LogP contribution is 2.44. The fourth-order valence-corrected chi connectivity index (χ4v) is 4.31. The quantitative estimate of drug-likeness (QED) is 0.605. The van der Waals surface area contributed by atoms with Gasteiger partial charge in [-0.3, -0.25) is 4.79 Å².